The SMILES string of the molecule is CCN(CC(=O)N[C@H](C)c1ccccc1Cl)CC(=O)NC(C)(C)C. The lowest BCUT2D eigenvalue weighted by molar-refractivity contribution is -0.126. The molecule has 0 heterocycles. The number of carbonyl (C=O) groups is 2. The largest absolute Gasteiger partial charge is 0.350 e. The van der Waals surface area contributed by atoms with Crippen LogP contribution in [0.5, 0.6) is 0 Å². The fourth-order valence-electron chi connectivity index (χ4n) is 2.33. The normalized spacial score (nSPS) is 12.8. The molecule has 2 amide bonds. The highest BCUT2D eigenvalue weighted by molar-refractivity contribution is 6.31. The first-order valence-electron chi connectivity index (χ1n) is 8.19. The summed E-state index contributed by atoms with van der Waals surface area (Å²) in [5, 5.41) is 6.46. The van der Waals surface area contributed by atoms with E-state index in [4.69, 9.17) is 11.6 Å². The van der Waals surface area contributed by atoms with Crippen LogP contribution in [0.1, 0.15) is 46.2 Å². The van der Waals surface area contributed by atoms with Gasteiger partial charge in [-0.15, -0.1) is 0 Å². The minimum absolute atomic E-state index is 0.0868. The molecular weight excluding hydrogens is 326 g/mol. The van der Waals surface area contributed by atoms with Crippen LogP contribution in [0.25, 0.3) is 0 Å². The zero-order chi connectivity index (χ0) is 18.3. The molecule has 0 aliphatic heterocycles. The first-order valence-corrected chi connectivity index (χ1v) is 8.57. The molecule has 1 aromatic rings. The lowest BCUT2D eigenvalue weighted by atomic mass is 10.1. The Labute approximate surface area is 149 Å². The number of hydrogen-bond donors (Lipinski definition) is 2. The lowest BCUT2D eigenvalue weighted by Gasteiger charge is -2.25. The van der Waals surface area contributed by atoms with Crippen molar-refractivity contribution in [3.8, 4) is 0 Å². The predicted octanol–water partition coefficient (Wildman–Crippen LogP) is 2.75. The van der Waals surface area contributed by atoms with Crippen molar-refractivity contribution in [2.45, 2.75) is 46.2 Å². The number of hydrogen-bond acceptors (Lipinski definition) is 3. The highest BCUT2D eigenvalue weighted by Gasteiger charge is 2.19. The van der Waals surface area contributed by atoms with Crippen molar-refractivity contribution in [2.75, 3.05) is 19.6 Å². The minimum Gasteiger partial charge on any atom is -0.350 e. The van der Waals surface area contributed by atoms with Crippen LogP contribution in [0.3, 0.4) is 0 Å². The molecule has 0 radical (unpaired) electrons. The number of amides is 2. The van der Waals surface area contributed by atoms with Crippen molar-refractivity contribution in [3.63, 3.8) is 0 Å². The first kappa shape index (κ1) is 20.5. The van der Waals surface area contributed by atoms with Gasteiger partial charge in [-0.05, 0) is 45.9 Å². The van der Waals surface area contributed by atoms with Gasteiger partial charge in [-0.3, -0.25) is 14.5 Å². The fraction of sp³-hybridized carbons (Fsp3) is 0.556. The molecule has 0 saturated carbocycles. The zero-order valence-corrected chi connectivity index (χ0v) is 15.9. The molecule has 0 aliphatic carbocycles. The molecule has 134 valence electrons. The molecule has 0 unspecified atom stereocenters. The summed E-state index contributed by atoms with van der Waals surface area (Å²) in [7, 11) is 0. The maximum atomic E-state index is 12.2. The van der Waals surface area contributed by atoms with Crippen LogP contribution in [0.2, 0.25) is 5.02 Å². The van der Waals surface area contributed by atoms with Gasteiger partial charge < -0.3 is 10.6 Å². The van der Waals surface area contributed by atoms with Crippen LogP contribution in [0.4, 0.5) is 0 Å². The topological polar surface area (TPSA) is 61.4 Å². The van der Waals surface area contributed by atoms with Crippen LogP contribution >= 0.6 is 11.6 Å². The van der Waals surface area contributed by atoms with E-state index in [0.717, 1.165) is 5.56 Å². The van der Waals surface area contributed by atoms with Gasteiger partial charge in [-0.25, -0.2) is 0 Å². The summed E-state index contributed by atoms with van der Waals surface area (Å²) in [6, 6.07) is 7.25. The highest BCUT2D eigenvalue weighted by Crippen LogP contribution is 2.21. The van der Waals surface area contributed by atoms with Crippen molar-refractivity contribution >= 4 is 23.4 Å². The van der Waals surface area contributed by atoms with Crippen molar-refractivity contribution in [2.24, 2.45) is 0 Å². The molecule has 24 heavy (non-hydrogen) atoms. The molecule has 0 bridgehead atoms. The van der Waals surface area contributed by atoms with Gasteiger partial charge in [0.25, 0.3) is 0 Å². The molecule has 6 heteroatoms. The summed E-state index contributed by atoms with van der Waals surface area (Å²) in [4.78, 5) is 26.0. The third kappa shape index (κ3) is 7.32. The zero-order valence-electron chi connectivity index (χ0n) is 15.1. The van der Waals surface area contributed by atoms with E-state index in [2.05, 4.69) is 10.6 Å². The quantitative estimate of drug-likeness (QED) is 0.792. The van der Waals surface area contributed by atoms with E-state index < -0.39 is 0 Å². The predicted molar refractivity (Wildman–Crippen MR) is 98.0 cm³/mol. The fourth-order valence-corrected chi connectivity index (χ4v) is 2.63. The maximum absolute atomic E-state index is 12.2. The standard InChI is InChI=1S/C18H28ClN3O2/c1-6-22(12-17(24)21-18(3,4)5)11-16(23)20-13(2)14-9-7-8-10-15(14)19/h7-10,13H,6,11-12H2,1-5H3,(H,20,23)(H,21,24)/t13-/m1/s1. The molecule has 1 aromatic carbocycles. The second-order valence-electron chi connectivity index (χ2n) is 6.91. The second-order valence-corrected chi connectivity index (χ2v) is 7.32. The molecular formula is C18H28ClN3O2. The van der Waals surface area contributed by atoms with Gasteiger partial charge in [0.15, 0.2) is 0 Å². The summed E-state index contributed by atoms with van der Waals surface area (Å²) in [6.07, 6.45) is 0. The Morgan fingerprint density at radius 3 is 2.29 bits per heavy atom. The number of nitrogens with zero attached hydrogens (tertiary/aromatic N) is 1. The third-order valence-corrected chi connectivity index (χ3v) is 3.79. The van der Waals surface area contributed by atoms with E-state index in [9.17, 15) is 9.59 Å². The van der Waals surface area contributed by atoms with E-state index in [1.807, 2.05) is 52.8 Å². The maximum Gasteiger partial charge on any atom is 0.234 e. The van der Waals surface area contributed by atoms with Gasteiger partial charge in [0.05, 0.1) is 19.1 Å². The Balaban J connectivity index is 2.55. The van der Waals surface area contributed by atoms with Gasteiger partial charge in [0, 0.05) is 10.6 Å². The van der Waals surface area contributed by atoms with Crippen LogP contribution < -0.4 is 10.6 Å². The Hall–Kier alpha value is -1.59. The molecule has 2 N–H and O–H groups in total. The molecule has 1 rings (SSSR count). The van der Waals surface area contributed by atoms with E-state index in [1.54, 1.807) is 11.0 Å². The van der Waals surface area contributed by atoms with Crippen LogP contribution in [0.15, 0.2) is 24.3 Å². The summed E-state index contributed by atoms with van der Waals surface area (Å²) in [5.74, 6) is -0.218. The Morgan fingerprint density at radius 1 is 1.17 bits per heavy atom. The number of likely N-dealkylation sites (N-methyl/N-ethyl adjacent to an activating group) is 1. The summed E-state index contributed by atoms with van der Waals surface area (Å²) in [5.41, 5.74) is 0.596. The molecule has 0 aromatic heterocycles. The average molecular weight is 354 g/mol. The number of benzene rings is 1. The van der Waals surface area contributed by atoms with E-state index in [0.29, 0.717) is 11.6 Å². The Kier molecular flexibility index (Phi) is 7.70. The monoisotopic (exact) mass is 353 g/mol. The molecule has 0 spiro atoms. The van der Waals surface area contributed by atoms with Crippen molar-refractivity contribution < 1.29 is 9.59 Å². The second kappa shape index (κ2) is 9.04. The van der Waals surface area contributed by atoms with E-state index in [1.165, 1.54) is 0 Å². The van der Waals surface area contributed by atoms with E-state index in [-0.39, 0.29) is 36.5 Å². The minimum atomic E-state index is -0.280. The molecule has 0 saturated heterocycles. The molecule has 5 nitrogen and oxygen atoms in total. The number of carbonyl (C=O) groups excluding carboxylic acids is 2. The third-order valence-electron chi connectivity index (χ3n) is 3.45. The van der Waals surface area contributed by atoms with Crippen LogP contribution in [0, 0.1) is 0 Å². The van der Waals surface area contributed by atoms with Crippen molar-refractivity contribution in [3.05, 3.63) is 34.9 Å². The molecule has 0 fully saturated rings. The van der Waals surface area contributed by atoms with Gasteiger partial charge in [-0.2, -0.15) is 0 Å². The van der Waals surface area contributed by atoms with Crippen LogP contribution in [-0.2, 0) is 9.59 Å². The van der Waals surface area contributed by atoms with Crippen molar-refractivity contribution in [1.82, 2.24) is 15.5 Å². The van der Waals surface area contributed by atoms with Gasteiger partial charge >= 0.3 is 0 Å². The van der Waals surface area contributed by atoms with Gasteiger partial charge in [0.2, 0.25) is 11.8 Å². The van der Waals surface area contributed by atoms with Crippen LogP contribution in [-0.4, -0.2) is 41.9 Å². The summed E-state index contributed by atoms with van der Waals surface area (Å²) in [6.45, 7) is 10.6. The Bertz CT molecular complexity index is 570. The lowest BCUT2D eigenvalue weighted by Crippen LogP contribution is -2.48. The Morgan fingerprint density at radius 2 is 1.75 bits per heavy atom. The number of rotatable bonds is 7. The molecule has 0 aliphatic rings. The van der Waals surface area contributed by atoms with E-state index >= 15 is 0 Å². The summed E-state index contributed by atoms with van der Waals surface area (Å²) < 4.78 is 0. The first-order chi connectivity index (χ1) is 11.1. The highest BCUT2D eigenvalue weighted by atomic mass is 35.5. The van der Waals surface area contributed by atoms with Gasteiger partial charge in [0.1, 0.15) is 0 Å². The summed E-state index contributed by atoms with van der Waals surface area (Å²) >= 11 is 6.15. The van der Waals surface area contributed by atoms with Gasteiger partial charge in [-0.1, -0.05) is 36.7 Å². The van der Waals surface area contributed by atoms with Crippen molar-refractivity contribution in [1.29, 1.82) is 0 Å². The smallest absolute Gasteiger partial charge is 0.234 e. The number of nitrogens with one attached hydrogen (secondary N) is 2. The molecule has 1 atom stereocenters. The number of halogens is 1. The average Bonchev–Trinajstić information content (AvgIpc) is 2.44.